The van der Waals surface area contributed by atoms with Gasteiger partial charge >= 0.3 is 5.97 Å². The summed E-state index contributed by atoms with van der Waals surface area (Å²) < 4.78 is 10.8. The predicted octanol–water partition coefficient (Wildman–Crippen LogP) is 3.79. The summed E-state index contributed by atoms with van der Waals surface area (Å²) in [6.45, 7) is 11.1. The zero-order chi connectivity index (χ0) is 14.7. The van der Waals surface area contributed by atoms with Crippen molar-refractivity contribution in [2.75, 3.05) is 7.11 Å². The second-order valence-corrected chi connectivity index (χ2v) is 11.0. The summed E-state index contributed by atoms with van der Waals surface area (Å²) in [7, 11) is -0.394. The molecule has 0 spiro atoms. The molecule has 19 heavy (non-hydrogen) atoms. The second-order valence-electron chi connectivity index (χ2n) is 6.26. The van der Waals surface area contributed by atoms with Crippen LogP contribution in [0, 0.1) is 0 Å². The number of hydrogen-bond donors (Lipinski definition) is 0. The SMILES string of the molecule is COC(=O)Cc1ccc(O[Si](C)(C)C(C)(C)C)cc1. The van der Waals surface area contributed by atoms with Crippen molar-refractivity contribution < 1.29 is 14.0 Å². The van der Waals surface area contributed by atoms with E-state index in [4.69, 9.17) is 4.43 Å². The maximum absolute atomic E-state index is 11.2. The lowest BCUT2D eigenvalue weighted by Gasteiger charge is -2.36. The van der Waals surface area contributed by atoms with Gasteiger partial charge < -0.3 is 9.16 Å². The average molecular weight is 280 g/mol. The molecule has 0 heterocycles. The van der Waals surface area contributed by atoms with Gasteiger partial charge in [0, 0.05) is 0 Å². The highest BCUT2D eigenvalue weighted by atomic mass is 28.4. The van der Waals surface area contributed by atoms with Gasteiger partial charge in [-0.2, -0.15) is 0 Å². The summed E-state index contributed by atoms with van der Waals surface area (Å²) in [5.74, 6) is 0.651. The van der Waals surface area contributed by atoms with Gasteiger partial charge in [0.25, 0.3) is 0 Å². The Kier molecular flexibility index (Phi) is 4.79. The van der Waals surface area contributed by atoms with Crippen molar-refractivity contribution in [2.24, 2.45) is 0 Å². The van der Waals surface area contributed by atoms with Crippen LogP contribution in [0.2, 0.25) is 18.1 Å². The van der Waals surface area contributed by atoms with Crippen molar-refractivity contribution in [3.8, 4) is 5.75 Å². The first-order valence-corrected chi connectivity index (χ1v) is 9.41. The van der Waals surface area contributed by atoms with Crippen molar-refractivity contribution in [1.29, 1.82) is 0 Å². The Morgan fingerprint density at radius 2 is 1.68 bits per heavy atom. The lowest BCUT2D eigenvalue weighted by Crippen LogP contribution is -2.43. The molecule has 0 saturated carbocycles. The van der Waals surface area contributed by atoms with Gasteiger partial charge in [0.1, 0.15) is 5.75 Å². The molecular weight excluding hydrogens is 256 g/mol. The first-order chi connectivity index (χ1) is 8.65. The fourth-order valence-electron chi connectivity index (χ4n) is 1.36. The van der Waals surface area contributed by atoms with Gasteiger partial charge in [-0.25, -0.2) is 0 Å². The van der Waals surface area contributed by atoms with Crippen LogP contribution in [0.5, 0.6) is 5.75 Å². The van der Waals surface area contributed by atoms with Gasteiger partial charge in [0.05, 0.1) is 13.5 Å². The van der Waals surface area contributed by atoms with E-state index in [0.29, 0.717) is 6.42 Å². The van der Waals surface area contributed by atoms with Gasteiger partial charge in [-0.05, 0) is 35.8 Å². The van der Waals surface area contributed by atoms with E-state index in [1.54, 1.807) is 0 Å². The van der Waals surface area contributed by atoms with Crippen molar-refractivity contribution in [3.63, 3.8) is 0 Å². The number of esters is 1. The van der Waals surface area contributed by atoms with Crippen molar-refractivity contribution in [3.05, 3.63) is 29.8 Å². The van der Waals surface area contributed by atoms with E-state index < -0.39 is 8.32 Å². The molecule has 0 bridgehead atoms. The highest BCUT2D eigenvalue weighted by Crippen LogP contribution is 2.37. The van der Waals surface area contributed by atoms with E-state index in [9.17, 15) is 4.79 Å². The topological polar surface area (TPSA) is 35.5 Å². The average Bonchev–Trinajstić information content (AvgIpc) is 2.29. The third-order valence-electron chi connectivity index (χ3n) is 3.68. The van der Waals surface area contributed by atoms with Crippen LogP contribution in [0.25, 0.3) is 0 Å². The first kappa shape index (κ1) is 15.8. The summed E-state index contributed by atoms with van der Waals surface area (Å²) in [5, 5.41) is 0.178. The molecule has 0 aromatic heterocycles. The van der Waals surface area contributed by atoms with E-state index in [2.05, 4.69) is 38.6 Å². The number of benzene rings is 1. The second kappa shape index (κ2) is 5.78. The molecule has 1 rings (SSSR count). The monoisotopic (exact) mass is 280 g/mol. The standard InChI is InChI=1S/C15H24O3Si/c1-15(2,3)19(5,6)18-13-9-7-12(8-10-13)11-14(16)17-4/h7-10H,11H2,1-6H3. The maximum Gasteiger partial charge on any atom is 0.309 e. The Balaban J connectivity index is 2.75. The molecule has 1 aromatic rings. The number of carbonyl (C=O) groups excluding carboxylic acids is 1. The Hall–Kier alpha value is -1.29. The molecule has 1 aromatic carbocycles. The van der Waals surface area contributed by atoms with Crippen LogP contribution in [0.15, 0.2) is 24.3 Å². The number of rotatable bonds is 4. The number of methoxy groups -OCH3 is 1. The lowest BCUT2D eigenvalue weighted by molar-refractivity contribution is -0.139. The van der Waals surface area contributed by atoms with Crippen LogP contribution in [0.4, 0.5) is 0 Å². The molecule has 106 valence electrons. The van der Waals surface area contributed by atoms with Crippen LogP contribution in [0.1, 0.15) is 26.3 Å². The molecular formula is C15H24O3Si. The van der Waals surface area contributed by atoms with Crippen LogP contribution in [-0.4, -0.2) is 21.4 Å². The zero-order valence-corrected chi connectivity index (χ0v) is 13.7. The molecule has 0 amide bonds. The highest BCUT2D eigenvalue weighted by molar-refractivity contribution is 6.74. The van der Waals surface area contributed by atoms with Crippen LogP contribution < -0.4 is 4.43 Å². The van der Waals surface area contributed by atoms with Crippen LogP contribution in [-0.2, 0) is 16.0 Å². The largest absolute Gasteiger partial charge is 0.544 e. The molecule has 0 aliphatic rings. The van der Waals surface area contributed by atoms with Gasteiger partial charge in [0.2, 0.25) is 8.32 Å². The van der Waals surface area contributed by atoms with E-state index >= 15 is 0 Å². The molecule has 0 atom stereocenters. The summed E-state index contributed by atoms with van der Waals surface area (Å²) in [6.07, 6.45) is 0.302. The van der Waals surface area contributed by atoms with Gasteiger partial charge in [0.15, 0.2) is 0 Å². The predicted molar refractivity (Wildman–Crippen MR) is 80.0 cm³/mol. The summed E-state index contributed by atoms with van der Waals surface area (Å²) in [6, 6.07) is 7.69. The molecule has 0 aliphatic heterocycles. The van der Waals surface area contributed by atoms with Crippen molar-refractivity contribution in [1.82, 2.24) is 0 Å². The zero-order valence-electron chi connectivity index (χ0n) is 12.7. The maximum atomic E-state index is 11.2. The van der Waals surface area contributed by atoms with Crippen molar-refractivity contribution in [2.45, 2.75) is 45.3 Å². The van der Waals surface area contributed by atoms with Crippen LogP contribution >= 0.6 is 0 Å². The third-order valence-corrected chi connectivity index (χ3v) is 8.04. The third kappa shape index (κ3) is 4.38. The fourth-order valence-corrected chi connectivity index (χ4v) is 2.39. The van der Waals surface area contributed by atoms with E-state index in [1.807, 2.05) is 24.3 Å². The van der Waals surface area contributed by atoms with E-state index in [1.165, 1.54) is 7.11 Å². The van der Waals surface area contributed by atoms with Crippen LogP contribution in [0.3, 0.4) is 0 Å². The normalized spacial score (nSPS) is 12.1. The summed E-state index contributed by atoms with van der Waals surface area (Å²) >= 11 is 0. The molecule has 0 saturated heterocycles. The molecule has 0 aliphatic carbocycles. The summed E-state index contributed by atoms with van der Waals surface area (Å²) in [5.41, 5.74) is 0.939. The lowest BCUT2D eigenvalue weighted by atomic mass is 10.1. The number of ether oxygens (including phenoxy) is 1. The highest BCUT2D eigenvalue weighted by Gasteiger charge is 2.38. The molecule has 3 nitrogen and oxygen atoms in total. The minimum absolute atomic E-state index is 0.178. The molecule has 0 radical (unpaired) electrons. The quantitative estimate of drug-likeness (QED) is 0.622. The minimum atomic E-state index is -1.79. The van der Waals surface area contributed by atoms with E-state index in [-0.39, 0.29) is 11.0 Å². The first-order valence-electron chi connectivity index (χ1n) is 6.50. The Labute approximate surface area is 117 Å². The van der Waals surface area contributed by atoms with Gasteiger partial charge in [-0.1, -0.05) is 32.9 Å². The molecule has 0 fully saturated rings. The molecule has 0 unspecified atom stereocenters. The number of carbonyl (C=O) groups is 1. The van der Waals surface area contributed by atoms with Gasteiger partial charge in [-0.15, -0.1) is 0 Å². The fraction of sp³-hybridized carbons (Fsp3) is 0.533. The number of hydrogen-bond acceptors (Lipinski definition) is 3. The van der Waals surface area contributed by atoms with E-state index in [0.717, 1.165) is 11.3 Å². The molecule has 0 N–H and O–H groups in total. The minimum Gasteiger partial charge on any atom is -0.544 e. The summed E-state index contributed by atoms with van der Waals surface area (Å²) in [4.78, 5) is 11.2. The Morgan fingerprint density at radius 1 is 1.16 bits per heavy atom. The Morgan fingerprint density at radius 3 is 2.11 bits per heavy atom. The molecule has 4 heteroatoms. The van der Waals surface area contributed by atoms with Crippen molar-refractivity contribution >= 4 is 14.3 Å². The van der Waals surface area contributed by atoms with Gasteiger partial charge in [-0.3, -0.25) is 4.79 Å². The Bertz CT molecular complexity index is 430. The smallest absolute Gasteiger partial charge is 0.309 e.